The summed E-state index contributed by atoms with van der Waals surface area (Å²) in [5.74, 6) is 1.07. The van der Waals surface area contributed by atoms with E-state index in [2.05, 4.69) is 26.5 Å². The van der Waals surface area contributed by atoms with Crippen LogP contribution in [0.3, 0.4) is 0 Å². The molecule has 1 amide bonds. The summed E-state index contributed by atoms with van der Waals surface area (Å²) >= 11 is 6.37. The zero-order valence-electron chi connectivity index (χ0n) is 15.8. The number of hydrogen-bond donors (Lipinski definition) is 2. The number of hydrogen-bond acceptors (Lipinski definition) is 4. The molecule has 29 heavy (non-hydrogen) atoms. The first kappa shape index (κ1) is 18.2. The first-order valence-electron chi connectivity index (χ1n) is 9.84. The maximum absolute atomic E-state index is 12.9. The molecule has 2 bridgehead atoms. The van der Waals surface area contributed by atoms with Crippen LogP contribution in [0, 0.1) is 23.2 Å². The number of H-pyrrole nitrogens is 1. The Bertz CT molecular complexity index is 1140. The Morgan fingerprint density at radius 3 is 2.79 bits per heavy atom. The van der Waals surface area contributed by atoms with Crippen LogP contribution in [0.15, 0.2) is 36.4 Å². The molecule has 2 aromatic carbocycles. The number of carbonyl (C=O) groups is 1. The Morgan fingerprint density at radius 1 is 1.24 bits per heavy atom. The van der Waals surface area contributed by atoms with E-state index >= 15 is 0 Å². The zero-order chi connectivity index (χ0) is 20.0. The number of piperidine rings is 3. The van der Waals surface area contributed by atoms with Crippen molar-refractivity contribution in [1.82, 2.24) is 15.1 Å². The Morgan fingerprint density at radius 2 is 2.07 bits per heavy atom. The fourth-order valence-electron chi connectivity index (χ4n) is 4.56. The molecule has 0 radical (unpaired) electrons. The molecule has 3 aromatic rings. The van der Waals surface area contributed by atoms with Gasteiger partial charge in [0.15, 0.2) is 5.82 Å². The van der Waals surface area contributed by atoms with Gasteiger partial charge in [-0.1, -0.05) is 17.7 Å². The van der Waals surface area contributed by atoms with Crippen molar-refractivity contribution in [2.75, 3.05) is 25.0 Å². The number of benzene rings is 2. The van der Waals surface area contributed by atoms with Gasteiger partial charge in [0.1, 0.15) is 0 Å². The minimum atomic E-state index is 0.0224. The molecule has 7 heteroatoms. The molecule has 146 valence electrons. The van der Waals surface area contributed by atoms with Gasteiger partial charge in [0.25, 0.3) is 0 Å². The number of nitrogens with zero attached hydrogens (tertiary/aromatic N) is 3. The number of anilines is 1. The third kappa shape index (κ3) is 3.27. The van der Waals surface area contributed by atoms with E-state index in [1.54, 1.807) is 18.2 Å². The highest BCUT2D eigenvalue weighted by Crippen LogP contribution is 2.35. The largest absolute Gasteiger partial charge is 0.308 e. The predicted octanol–water partition coefficient (Wildman–Crippen LogP) is 4.04. The Hall–Kier alpha value is -2.88. The molecular formula is C22H20ClN5O. The average molecular weight is 406 g/mol. The molecule has 1 atom stereocenters. The minimum Gasteiger partial charge on any atom is -0.308 e. The third-order valence-electron chi connectivity index (χ3n) is 6.20. The van der Waals surface area contributed by atoms with Gasteiger partial charge in [0, 0.05) is 22.5 Å². The van der Waals surface area contributed by atoms with Gasteiger partial charge < -0.3 is 10.2 Å². The standard InChI is InChI=1S/C22H20ClN5O/c23-19-3-1-13(11-24)9-16(19)15-2-4-20-17(10-15)21(27-26-20)25-22(29)18-12-28-7-5-14(18)6-8-28/h1-4,9-10,14,18H,5-8,12H2,(H2,25,26,27,29). The Kier molecular flexibility index (Phi) is 4.50. The van der Waals surface area contributed by atoms with E-state index in [-0.39, 0.29) is 11.8 Å². The molecule has 3 aliphatic rings. The minimum absolute atomic E-state index is 0.0224. The van der Waals surface area contributed by atoms with Gasteiger partial charge >= 0.3 is 0 Å². The van der Waals surface area contributed by atoms with Crippen molar-refractivity contribution in [1.29, 1.82) is 5.26 Å². The van der Waals surface area contributed by atoms with Gasteiger partial charge in [-0.2, -0.15) is 10.4 Å². The molecule has 0 spiro atoms. The first-order chi connectivity index (χ1) is 14.1. The second-order valence-corrected chi connectivity index (χ2v) is 8.28. The summed E-state index contributed by atoms with van der Waals surface area (Å²) in [6, 6.07) is 13.1. The fourth-order valence-corrected chi connectivity index (χ4v) is 4.79. The second kappa shape index (κ2) is 7.18. The molecule has 3 saturated heterocycles. The van der Waals surface area contributed by atoms with Crippen LogP contribution in [0.2, 0.25) is 5.02 Å². The molecular weight excluding hydrogens is 386 g/mol. The van der Waals surface area contributed by atoms with Crippen LogP contribution in [0.4, 0.5) is 5.82 Å². The van der Waals surface area contributed by atoms with Crippen molar-refractivity contribution in [3.63, 3.8) is 0 Å². The highest BCUT2D eigenvalue weighted by Gasteiger charge is 2.38. The summed E-state index contributed by atoms with van der Waals surface area (Å²) in [5.41, 5.74) is 3.04. The normalized spacial score (nSPS) is 23.1. The van der Waals surface area contributed by atoms with Crippen LogP contribution in [-0.2, 0) is 4.79 Å². The summed E-state index contributed by atoms with van der Waals surface area (Å²) in [6.07, 6.45) is 2.19. The predicted molar refractivity (Wildman–Crippen MR) is 113 cm³/mol. The lowest BCUT2D eigenvalue weighted by molar-refractivity contribution is -0.125. The van der Waals surface area contributed by atoms with E-state index in [0.717, 1.165) is 54.5 Å². The average Bonchev–Trinajstić information content (AvgIpc) is 3.16. The maximum atomic E-state index is 12.9. The van der Waals surface area contributed by atoms with Crippen LogP contribution in [-0.4, -0.2) is 40.6 Å². The van der Waals surface area contributed by atoms with Crippen LogP contribution in [0.5, 0.6) is 0 Å². The van der Waals surface area contributed by atoms with Crippen molar-refractivity contribution < 1.29 is 4.79 Å². The van der Waals surface area contributed by atoms with Crippen molar-refractivity contribution in [3.05, 3.63) is 47.0 Å². The van der Waals surface area contributed by atoms with E-state index in [1.165, 1.54) is 0 Å². The third-order valence-corrected chi connectivity index (χ3v) is 6.53. The summed E-state index contributed by atoms with van der Waals surface area (Å²) in [7, 11) is 0. The van der Waals surface area contributed by atoms with Crippen molar-refractivity contribution in [2.24, 2.45) is 11.8 Å². The molecule has 3 aliphatic heterocycles. The van der Waals surface area contributed by atoms with Crippen molar-refractivity contribution >= 4 is 34.2 Å². The SMILES string of the molecule is N#Cc1ccc(Cl)c(-c2ccc3[nH]nc(NC(=O)C4CN5CCC4CC5)c3c2)c1. The molecule has 1 unspecified atom stereocenters. The quantitative estimate of drug-likeness (QED) is 0.688. The molecule has 4 heterocycles. The lowest BCUT2D eigenvalue weighted by Crippen LogP contribution is -2.51. The number of nitrogens with one attached hydrogen (secondary N) is 2. The van der Waals surface area contributed by atoms with Crippen LogP contribution >= 0.6 is 11.6 Å². The molecule has 6 rings (SSSR count). The number of aromatic amines is 1. The summed E-state index contributed by atoms with van der Waals surface area (Å²) < 4.78 is 0. The monoisotopic (exact) mass is 405 g/mol. The van der Waals surface area contributed by atoms with Crippen molar-refractivity contribution in [2.45, 2.75) is 12.8 Å². The number of nitriles is 1. The summed E-state index contributed by atoms with van der Waals surface area (Å²) in [6.45, 7) is 3.04. The number of fused-ring (bicyclic) bond motifs is 4. The van der Waals surface area contributed by atoms with Gasteiger partial charge in [0.2, 0.25) is 5.91 Å². The van der Waals surface area contributed by atoms with E-state index in [9.17, 15) is 10.1 Å². The summed E-state index contributed by atoms with van der Waals surface area (Å²) in [5, 5.41) is 20.9. The maximum Gasteiger partial charge on any atom is 0.230 e. The fraction of sp³-hybridized carbons (Fsp3) is 0.318. The molecule has 6 nitrogen and oxygen atoms in total. The number of amides is 1. The lowest BCUT2D eigenvalue weighted by atomic mass is 9.78. The van der Waals surface area contributed by atoms with Crippen molar-refractivity contribution in [3.8, 4) is 17.2 Å². The molecule has 2 N–H and O–H groups in total. The molecule has 0 saturated carbocycles. The Balaban J connectivity index is 1.46. The summed E-state index contributed by atoms with van der Waals surface area (Å²) in [4.78, 5) is 15.3. The number of aromatic nitrogens is 2. The number of carbonyl (C=O) groups excluding carboxylic acids is 1. The van der Waals surface area contributed by atoms with Crippen LogP contribution in [0.25, 0.3) is 22.0 Å². The van der Waals surface area contributed by atoms with Gasteiger partial charge in [-0.25, -0.2) is 0 Å². The number of rotatable bonds is 3. The second-order valence-electron chi connectivity index (χ2n) is 7.87. The zero-order valence-corrected chi connectivity index (χ0v) is 16.5. The van der Waals surface area contributed by atoms with Gasteiger partial charge in [0.05, 0.1) is 23.1 Å². The van der Waals surface area contributed by atoms with E-state index < -0.39 is 0 Å². The molecule has 1 aromatic heterocycles. The van der Waals surface area contributed by atoms with Gasteiger partial charge in [-0.15, -0.1) is 0 Å². The van der Waals surface area contributed by atoms with Crippen LogP contribution < -0.4 is 5.32 Å². The lowest BCUT2D eigenvalue weighted by Gasteiger charge is -2.43. The number of halogens is 1. The van der Waals surface area contributed by atoms with E-state index in [4.69, 9.17) is 11.6 Å². The smallest absolute Gasteiger partial charge is 0.230 e. The topological polar surface area (TPSA) is 84.8 Å². The highest BCUT2D eigenvalue weighted by atomic mass is 35.5. The molecule has 3 fully saturated rings. The first-order valence-corrected chi connectivity index (χ1v) is 10.2. The van der Waals surface area contributed by atoms with Gasteiger partial charge in [-0.05, 0) is 67.7 Å². The van der Waals surface area contributed by atoms with E-state index in [0.29, 0.717) is 22.3 Å². The van der Waals surface area contributed by atoms with Gasteiger partial charge in [-0.3, -0.25) is 9.89 Å². The van der Waals surface area contributed by atoms with Crippen LogP contribution in [0.1, 0.15) is 18.4 Å². The Labute approximate surface area is 173 Å². The molecule has 0 aliphatic carbocycles. The van der Waals surface area contributed by atoms with E-state index in [1.807, 2.05) is 18.2 Å². The highest BCUT2D eigenvalue weighted by molar-refractivity contribution is 6.33.